The van der Waals surface area contributed by atoms with Crippen molar-refractivity contribution in [3.05, 3.63) is 23.3 Å². The third kappa shape index (κ3) is 3.35. The second-order valence-corrected chi connectivity index (χ2v) is 3.61. The van der Waals surface area contributed by atoms with E-state index in [9.17, 15) is 15.0 Å². The average molecular weight is 240 g/mol. The minimum atomic E-state index is -0.694. The van der Waals surface area contributed by atoms with Crippen molar-refractivity contribution < 1.29 is 24.9 Å². The average Bonchev–Trinajstić information content (AvgIpc) is 2.25. The maximum atomic E-state index is 11.7. The molecule has 0 bridgehead atoms. The Morgan fingerprint density at radius 1 is 1.35 bits per heavy atom. The fraction of sp³-hybridized carbons (Fsp3) is 0.417. The van der Waals surface area contributed by atoms with Gasteiger partial charge in [0.25, 0.3) is 0 Å². The zero-order chi connectivity index (χ0) is 12.8. The Morgan fingerprint density at radius 3 is 2.65 bits per heavy atom. The molecule has 0 fully saturated rings. The molecule has 0 unspecified atom stereocenters. The fourth-order valence-electron chi connectivity index (χ4n) is 1.58. The van der Waals surface area contributed by atoms with Crippen LogP contribution >= 0.6 is 0 Å². The van der Waals surface area contributed by atoms with Gasteiger partial charge in [-0.3, -0.25) is 0 Å². The molecule has 0 saturated carbocycles. The number of hydrogen-bond acceptors (Lipinski definition) is 5. The van der Waals surface area contributed by atoms with Crippen LogP contribution < -0.4 is 0 Å². The molecule has 0 amide bonds. The molecule has 0 spiro atoms. The van der Waals surface area contributed by atoms with Gasteiger partial charge in [-0.25, -0.2) is 4.79 Å². The van der Waals surface area contributed by atoms with Gasteiger partial charge in [0.1, 0.15) is 23.7 Å². The van der Waals surface area contributed by atoms with Gasteiger partial charge >= 0.3 is 5.97 Å². The van der Waals surface area contributed by atoms with Crippen LogP contribution in [0.2, 0.25) is 0 Å². The monoisotopic (exact) mass is 240 g/mol. The lowest BCUT2D eigenvalue weighted by Crippen LogP contribution is -2.11. The molecule has 0 aromatic heterocycles. The quantitative estimate of drug-likeness (QED) is 0.673. The van der Waals surface area contributed by atoms with Crippen LogP contribution in [0.15, 0.2) is 12.1 Å². The summed E-state index contributed by atoms with van der Waals surface area (Å²) in [5, 5.41) is 27.6. The number of carbonyl (C=O) groups excluding carboxylic acids is 1. The number of aliphatic hydroxyl groups is 1. The van der Waals surface area contributed by atoms with E-state index < -0.39 is 5.97 Å². The van der Waals surface area contributed by atoms with Crippen LogP contribution in [-0.4, -0.2) is 34.5 Å². The Bertz CT molecular complexity index is 400. The molecule has 1 aromatic rings. The van der Waals surface area contributed by atoms with Gasteiger partial charge in [-0.15, -0.1) is 0 Å². The first-order valence-corrected chi connectivity index (χ1v) is 5.43. The standard InChI is InChI=1S/C12H16O5/c1-2-3-8-6-9(14)7-10(15)11(8)12(16)17-5-4-13/h6-7,13-15H,2-5H2,1H3. The molecule has 0 aliphatic heterocycles. The van der Waals surface area contributed by atoms with Crippen LogP contribution in [0, 0.1) is 0 Å². The number of rotatable bonds is 5. The predicted octanol–water partition coefficient (Wildman–Crippen LogP) is 1.20. The molecule has 0 heterocycles. The van der Waals surface area contributed by atoms with Gasteiger partial charge in [0.15, 0.2) is 0 Å². The number of aromatic hydroxyl groups is 2. The van der Waals surface area contributed by atoms with E-state index >= 15 is 0 Å². The zero-order valence-corrected chi connectivity index (χ0v) is 9.64. The van der Waals surface area contributed by atoms with Gasteiger partial charge in [-0.05, 0) is 18.1 Å². The largest absolute Gasteiger partial charge is 0.508 e. The van der Waals surface area contributed by atoms with E-state index in [4.69, 9.17) is 9.84 Å². The molecule has 0 aliphatic rings. The van der Waals surface area contributed by atoms with Crippen LogP contribution in [0.1, 0.15) is 29.3 Å². The van der Waals surface area contributed by atoms with E-state index in [0.717, 1.165) is 12.5 Å². The summed E-state index contributed by atoms with van der Waals surface area (Å²) in [6, 6.07) is 2.52. The molecule has 0 radical (unpaired) electrons. The number of esters is 1. The number of phenolic OH excluding ortho intramolecular Hbond substituents is 2. The summed E-state index contributed by atoms with van der Waals surface area (Å²) in [5.41, 5.74) is 0.589. The third-order valence-corrected chi connectivity index (χ3v) is 2.23. The lowest BCUT2D eigenvalue weighted by Gasteiger charge is -2.11. The number of phenols is 2. The summed E-state index contributed by atoms with van der Waals surface area (Å²) in [5.74, 6) is -1.10. The van der Waals surface area contributed by atoms with Crippen LogP contribution in [-0.2, 0) is 11.2 Å². The maximum absolute atomic E-state index is 11.7. The number of hydrogen-bond donors (Lipinski definition) is 3. The predicted molar refractivity (Wildman–Crippen MR) is 61.1 cm³/mol. The summed E-state index contributed by atoms with van der Waals surface area (Å²) in [4.78, 5) is 11.7. The van der Waals surface area contributed by atoms with Crippen molar-refractivity contribution in [2.24, 2.45) is 0 Å². The lowest BCUT2D eigenvalue weighted by atomic mass is 10.0. The minimum absolute atomic E-state index is 0.0538. The molecular weight excluding hydrogens is 224 g/mol. The van der Waals surface area contributed by atoms with E-state index in [1.54, 1.807) is 0 Å². The van der Waals surface area contributed by atoms with Crippen molar-refractivity contribution in [3.8, 4) is 11.5 Å². The molecule has 94 valence electrons. The number of aliphatic hydroxyl groups excluding tert-OH is 1. The SMILES string of the molecule is CCCc1cc(O)cc(O)c1C(=O)OCCO. The first kappa shape index (κ1) is 13.3. The number of benzene rings is 1. The summed E-state index contributed by atoms with van der Waals surface area (Å²) in [7, 11) is 0. The van der Waals surface area contributed by atoms with E-state index in [2.05, 4.69) is 0 Å². The maximum Gasteiger partial charge on any atom is 0.342 e. The van der Waals surface area contributed by atoms with Gasteiger partial charge in [-0.2, -0.15) is 0 Å². The number of carbonyl (C=O) groups is 1. The topological polar surface area (TPSA) is 87.0 Å². The molecule has 17 heavy (non-hydrogen) atoms. The number of aryl methyl sites for hydroxylation is 1. The van der Waals surface area contributed by atoms with Crippen LogP contribution in [0.3, 0.4) is 0 Å². The molecule has 0 aliphatic carbocycles. The van der Waals surface area contributed by atoms with E-state index in [0.29, 0.717) is 12.0 Å². The Hall–Kier alpha value is -1.75. The zero-order valence-electron chi connectivity index (χ0n) is 9.64. The lowest BCUT2D eigenvalue weighted by molar-refractivity contribution is 0.0429. The normalized spacial score (nSPS) is 10.2. The molecule has 3 N–H and O–H groups in total. The van der Waals surface area contributed by atoms with Crippen molar-refractivity contribution in [2.45, 2.75) is 19.8 Å². The van der Waals surface area contributed by atoms with E-state index in [-0.39, 0.29) is 30.3 Å². The van der Waals surface area contributed by atoms with Crippen molar-refractivity contribution in [1.82, 2.24) is 0 Å². The van der Waals surface area contributed by atoms with Gasteiger partial charge in [0.05, 0.1) is 6.61 Å². The summed E-state index contributed by atoms with van der Waals surface area (Å²) in [6.45, 7) is 1.53. The third-order valence-electron chi connectivity index (χ3n) is 2.23. The minimum Gasteiger partial charge on any atom is -0.508 e. The highest BCUT2D eigenvalue weighted by Crippen LogP contribution is 2.28. The second kappa shape index (κ2) is 6.10. The fourth-order valence-corrected chi connectivity index (χ4v) is 1.58. The summed E-state index contributed by atoms with van der Waals surface area (Å²) >= 11 is 0. The summed E-state index contributed by atoms with van der Waals surface area (Å²) in [6.07, 6.45) is 1.31. The first-order valence-electron chi connectivity index (χ1n) is 5.43. The van der Waals surface area contributed by atoms with Gasteiger partial charge in [-0.1, -0.05) is 13.3 Å². The smallest absolute Gasteiger partial charge is 0.342 e. The number of ether oxygens (including phenoxy) is 1. The Morgan fingerprint density at radius 2 is 2.06 bits per heavy atom. The van der Waals surface area contributed by atoms with Gasteiger partial charge < -0.3 is 20.1 Å². The van der Waals surface area contributed by atoms with Crippen molar-refractivity contribution >= 4 is 5.97 Å². The molecule has 0 saturated heterocycles. The van der Waals surface area contributed by atoms with E-state index in [1.807, 2.05) is 6.92 Å². The first-order chi connectivity index (χ1) is 8.10. The van der Waals surface area contributed by atoms with Gasteiger partial charge in [0, 0.05) is 6.07 Å². The van der Waals surface area contributed by atoms with E-state index in [1.165, 1.54) is 6.07 Å². The van der Waals surface area contributed by atoms with Crippen molar-refractivity contribution in [2.75, 3.05) is 13.2 Å². The highest BCUT2D eigenvalue weighted by molar-refractivity contribution is 5.94. The molecule has 1 rings (SSSR count). The van der Waals surface area contributed by atoms with Crippen LogP contribution in [0.4, 0.5) is 0 Å². The highest BCUT2D eigenvalue weighted by atomic mass is 16.5. The Balaban J connectivity index is 3.06. The molecule has 5 heteroatoms. The van der Waals surface area contributed by atoms with Crippen LogP contribution in [0.5, 0.6) is 11.5 Å². The van der Waals surface area contributed by atoms with Crippen LogP contribution in [0.25, 0.3) is 0 Å². The second-order valence-electron chi connectivity index (χ2n) is 3.61. The Labute approximate surface area is 99.3 Å². The molecule has 0 atom stereocenters. The summed E-state index contributed by atoms with van der Waals surface area (Å²) < 4.78 is 4.75. The van der Waals surface area contributed by atoms with Crippen molar-refractivity contribution in [1.29, 1.82) is 0 Å². The molecule has 1 aromatic carbocycles. The van der Waals surface area contributed by atoms with Gasteiger partial charge in [0.2, 0.25) is 0 Å². The Kier molecular flexibility index (Phi) is 4.78. The highest BCUT2D eigenvalue weighted by Gasteiger charge is 2.18. The molecule has 5 nitrogen and oxygen atoms in total. The van der Waals surface area contributed by atoms with Crippen molar-refractivity contribution in [3.63, 3.8) is 0 Å². The molecular formula is C12H16O5.